The van der Waals surface area contributed by atoms with Gasteiger partial charge in [0.2, 0.25) is 0 Å². The van der Waals surface area contributed by atoms with Crippen molar-refractivity contribution in [3.63, 3.8) is 0 Å². The number of ether oxygens (including phenoxy) is 2. The second kappa shape index (κ2) is 12.7. The normalized spacial score (nSPS) is 11.6. The van der Waals surface area contributed by atoms with Gasteiger partial charge in [-0.15, -0.1) is 6.58 Å². The molecule has 8 heteroatoms. The van der Waals surface area contributed by atoms with Crippen LogP contribution in [0.2, 0.25) is 0 Å². The average molecular weight is 498 g/mol. The van der Waals surface area contributed by atoms with Crippen LogP contribution in [-0.2, 0) is 17.8 Å². The number of hydrogen-bond donors (Lipinski definition) is 1. The van der Waals surface area contributed by atoms with Crippen LogP contribution in [0.1, 0.15) is 35.2 Å². The maximum Gasteiger partial charge on any atom is 0.269 e. The van der Waals surface area contributed by atoms with Gasteiger partial charge in [0.1, 0.15) is 18.2 Å². The molecule has 0 bridgehead atoms. The summed E-state index contributed by atoms with van der Waals surface area (Å²) in [5, 5.41) is 23.6. The zero-order valence-corrected chi connectivity index (χ0v) is 20.6. The molecule has 0 unspecified atom stereocenters. The Morgan fingerprint density at radius 2 is 1.95 bits per heavy atom. The molecule has 0 aliphatic heterocycles. The Balaban J connectivity index is 1.87. The van der Waals surface area contributed by atoms with Crippen molar-refractivity contribution < 1.29 is 19.2 Å². The number of allylic oxidation sites excluding steroid dienone is 1. The molecule has 3 aromatic rings. The molecule has 0 heterocycles. The van der Waals surface area contributed by atoms with Crippen LogP contribution in [0.15, 0.2) is 85.0 Å². The van der Waals surface area contributed by atoms with Crippen molar-refractivity contribution in [3.8, 4) is 17.6 Å². The molecule has 1 atom stereocenters. The third-order valence-corrected chi connectivity index (χ3v) is 5.57. The van der Waals surface area contributed by atoms with Gasteiger partial charge in [0, 0.05) is 17.7 Å². The van der Waals surface area contributed by atoms with Crippen LogP contribution in [0.3, 0.4) is 0 Å². The minimum absolute atomic E-state index is 0.0243. The molecule has 1 N–H and O–H groups in total. The van der Waals surface area contributed by atoms with Crippen molar-refractivity contribution in [3.05, 3.63) is 117 Å². The predicted molar refractivity (Wildman–Crippen MR) is 141 cm³/mol. The van der Waals surface area contributed by atoms with Crippen LogP contribution < -0.4 is 14.8 Å². The number of nitriles is 1. The second-order valence-corrected chi connectivity index (χ2v) is 8.20. The fraction of sp³-hybridized carbons (Fsp3) is 0.172. The summed E-state index contributed by atoms with van der Waals surface area (Å²) in [4.78, 5) is 23.4. The molecule has 37 heavy (non-hydrogen) atoms. The molecule has 0 aromatic heterocycles. The molecule has 1 amide bonds. The summed E-state index contributed by atoms with van der Waals surface area (Å²) in [6, 6.07) is 20.8. The van der Waals surface area contributed by atoms with E-state index in [2.05, 4.69) is 11.9 Å². The molecule has 0 fully saturated rings. The van der Waals surface area contributed by atoms with E-state index < -0.39 is 10.8 Å². The van der Waals surface area contributed by atoms with E-state index in [-0.39, 0.29) is 23.9 Å². The molecular weight excluding hydrogens is 470 g/mol. The van der Waals surface area contributed by atoms with Gasteiger partial charge in [-0.25, -0.2) is 0 Å². The number of nitrogens with zero attached hydrogens (tertiary/aromatic N) is 2. The van der Waals surface area contributed by atoms with Gasteiger partial charge in [0.25, 0.3) is 11.6 Å². The summed E-state index contributed by atoms with van der Waals surface area (Å²) in [7, 11) is 1.49. The van der Waals surface area contributed by atoms with Crippen LogP contribution in [0.25, 0.3) is 6.08 Å². The van der Waals surface area contributed by atoms with Crippen LogP contribution in [0, 0.1) is 21.4 Å². The summed E-state index contributed by atoms with van der Waals surface area (Å²) in [5.41, 5.74) is 2.77. The lowest BCUT2D eigenvalue weighted by Gasteiger charge is -2.16. The molecule has 8 nitrogen and oxygen atoms in total. The van der Waals surface area contributed by atoms with Crippen LogP contribution in [0.4, 0.5) is 5.69 Å². The number of hydrogen-bond acceptors (Lipinski definition) is 6. The number of nitro benzene ring substituents is 1. The van der Waals surface area contributed by atoms with Gasteiger partial charge in [0.15, 0.2) is 11.5 Å². The third-order valence-electron chi connectivity index (χ3n) is 5.57. The monoisotopic (exact) mass is 497 g/mol. The number of benzene rings is 3. The molecule has 0 radical (unpaired) electrons. The van der Waals surface area contributed by atoms with Gasteiger partial charge in [-0.2, -0.15) is 5.26 Å². The van der Waals surface area contributed by atoms with E-state index in [1.165, 1.54) is 25.3 Å². The molecule has 188 valence electrons. The lowest BCUT2D eigenvalue weighted by atomic mass is 10.0. The topological polar surface area (TPSA) is 114 Å². The first-order valence-corrected chi connectivity index (χ1v) is 11.5. The first kappa shape index (κ1) is 26.7. The van der Waals surface area contributed by atoms with E-state index in [0.717, 1.165) is 11.1 Å². The number of non-ortho nitro benzene ring substituents is 1. The van der Waals surface area contributed by atoms with Crippen molar-refractivity contribution in [1.82, 2.24) is 5.32 Å². The highest BCUT2D eigenvalue weighted by Crippen LogP contribution is 2.35. The van der Waals surface area contributed by atoms with Crippen molar-refractivity contribution in [2.45, 2.75) is 26.0 Å². The van der Waals surface area contributed by atoms with Crippen LogP contribution >= 0.6 is 0 Å². The zero-order chi connectivity index (χ0) is 26.8. The number of methoxy groups -OCH3 is 1. The number of rotatable bonds is 11. The maximum absolute atomic E-state index is 12.8. The molecule has 0 saturated heterocycles. The Morgan fingerprint density at radius 3 is 2.59 bits per heavy atom. The Labute approximate surface area is 215 Å². The number of nitrogens with one attached hydrogen (secondary N) is 1. The first-order chi connectivity index (χ1) is 17.9. The highest BCUT2D eigenvalue weighted by Gasteiger charge is 2.17. The Morgan fingerprint density at radius 1 is 1.19 bits per heavy atom. The molecule has 3 aromatic carbocycles. The lowest BCUT2D eigenvalue weighted by Crippen LogP contribution is -2.27. The van der Waals surface area contributed by atoms with E-state index >= 15 is 0 Å². The summed E-state index contributed by atoms with van der Waals surface area (Å²) >= 11 is 0. The Bertz CT molecular complexity index is 1360. The highest BCUT2D eigenvalue weighted by atomic mass is 16.6. The minimum Gasteiger partial charge on any atom is -0.493 e. The molecule has 0 aliphatic rings. The van der Waals surface area contributed by atoms with E-state index in [1.54, 1.807) is 30.3 Å². The van der Waals surface area contributed by atoms with Gasteiger partial charge in [-0.1, -0.05) is 48.5 Å². The molecular formula is C29H27N3O5. The van der Waals surface area contributed by atoms with E-state index in [0.29, 0.717) is 29.0 Å². The Hall–Kier alpha value is -4.90. The number of carbonyl (C=O) groups excluding carboxylic acids is 1. The maximum atomic E-state index is 12.8. The largest absolute Gasteiger partial charge is 0.493 e. The smallest absolute Gasteiger partial charge is 0.269 e. The van der Waals surface area contributed by atoms with Gasteiger partial charge in [-0.3, -0.25) is 14.9 Å². The summed E-state index contributed by atoms with van der Waals surface area (Å²) in [6.45, 7) is 5.73. The molecule has 0 spiro atoms. The lowest BCUT2D eigenvalue weighted by molar-refractivity contribution is -0.384. The van der Waals surface area contributed by atoms with Gasteiger partial charge >= 0.3 is 0 Å². The average Bonchev–Trinajstić information content (AvgIpc) is 2.91. The fourth-order valence-corrected chi connectivity index (χ4v) is 3.72. The molecule has 3 rings (SSSR count). The first-order valence-electron chi connectivity index (χ1n) is 11.5. The van der Waals surface area contributed by atoms with Gasteiger partial charge in [0.05, 0.1) is 18.1 Å². The summed E-state index contributed by atoms with van der Waals surface area (Å²) < 4.78 is 11.5. The fourth-order valence-electron chi connectivity index (χ4n) is 3.72. The number of carbonyl (C=O) groups is 1. The molecule has 0 saturated carbocycles. The van der Waals surface area contributed by atoms with Crippen LogP contribution in [-0.4, -0.2) is 17.9 Å². The van der Waals surface area contributed by atoms with Crippen molar-refractivity contribution >= 4 is 17.7 Å². The summed E-state index contributed by atoms with van der Waals surface area (Å²) in [5.74, 6) is 0.354. The second-order valence-electron chi connectivity index (χ2n) is 8.20. The quantitative estimate of drug-likeness (QED) is 0.120. The standard InChI is InChI=1S/C29H27N3O5/c1-4-9-24-14-22(15-25(18-30)29(33)31-20(2)23-11-6-5-7-12-23)17-27(36-3)28(24)37-19-21-10-8-13-26(16-21)32(34)35/h4-8,10-17,20H,1,9,19H2,2-3H3,(H,31,33)/b25-15-/t20-/m0/s1. The predicted octanol–water partition coefficient (Wildman–Crippen LogP) is 5.70. The SMILES string of the molecule is C=CCc1cc(/C=C(/C#N)C(=O)N[C@@H](C)c2ccccc2)cc(OC)c1OCc1cccc([N+](=O)[O-])c1. The van der Waals surface area contributed by atoms with Crippen LogP contribution in [0.5, 0.6) is 11.5 Å². The highest BCUT2D eigenvalue weighted by molar-refractivity contribution is 6.02. The van der Waals surface area contributed by atoms with Gasteiger partial charge in [-0.05, 0) is 48.2 Å². The summed E-state index contributed by atoms with van der Waals surface area (Å²) in [6.07, 6.45) is 3.62. The van der Waals surface area contributed by atoms with Gasteiger partial charge < -0.3 is 14.8 Å². The third kappa shape index (κ3) is 7.05. The number of nitro groups is 1. The Kier molecular flexibility index (Phi) is 9.17. The van der Waals surface area contributed by atoms with E-state index in [1.807, 2.05) is 43.3 Å². The van der Waals surface area contributed by atoms with E-state index in [4.69, 9.17) is 9.47 Å². The molecule has 0 aliphatic carbocycles. The van der Waals surface area contributed by atoms with Crippen molar-refractivity contribution in [2.24, 2.45) is 0 Å². The van der Waals surface area contributed by atoms with Crippen molar-refractivity contribution in [1.29, 1.82) is 5.26 Å². The minimum atomic E-state index is -0.492. The van der Waals surface area contributed by atoms with E-state index in [9.17, 15) is 20.2 Å². The zero-order valence-electron chi connectivity index (χ0n) is 20.6. The van der Waals surface area contributed by atoms with Crippen molar-refractivity contribution in [2.75, 3.05) is 7.11 Å². The number of amides is 1.